The Hall–Kier alpha value is -2.12. The molecule has 1 saturated carbocycles. The number of nitro groups is 1. The Morgan fingerprint density at radius 1 is 1.29 bits per heavy atom. The Morgan fingerprint density at radius 2 is 1.88 bits per heavy atom. The van der Waals surface area contributed by atoms with Crippen molar-refractivity contribution in [2.45, 2.75) is 70.8 Å². The van der Waals surface area contributed by atoms with Crippen molar-refractivity contribution in [2.24, 2.45) is 7.05 Å². The van der Waals surface area contributed by atoms with Crippen LogP contribution in [0.15, 0.2) is 0 Å². The van der Waals surface area contributed by atoms with Crippen LogP contribution in [0.25, 0.3) is 0 Å². The summed E-state index contributed by atoms with van der Waals surface area (Å²) < 4.78 is 6.52. The largest absolute Gasteiger partial charge is 0.414 e. The van der Waals surface area contributed by atoms with Crippen LogP contribution in [-0.4, -0.2) is 26.8 Å². The summed E-state index contributed by atoms with van der Waals surface area (Å²) in [7, 11) is 1.54. The number of amides is 1. The molecule has 8 heteroatoms. The van der Waals surface area contributed by atoms with E-state index in [4.69, 9.17) is 4.74 Å². The Labute approximate surface area is 141 Å². The second kappa shape index (κ2) is 7.19. The third-order valence-electron chi connectivity index (χ3n) is 4.23. The summed E-state index contributed by atoms with van der Waals surface area (Å²) in [4.78, 5) is 23.1. The van der Waals surface area contributed by atoms with Crippen LogP contribution < -0.4 is 10.1 Å². The van der Waals surface area contributed by atoms with Crippen LogP contribution in [0, 0.1) is 10.1 Å². The van der Waals surface area contributed by atoms with Crippen molar-refractivity contribution in [3.8, 4) is 5.88 Å². The maximum absolute atomic E-state index is 12.2. The number of nitrogens with zero attached hydrogens (tertiary/aromatic N) is 3. The number of aromatic nitrogens is 2. The number of hydrogen-bond acceptors (Lipinski definition) is 5. The molecule has 0 spiro atoms. The lowest BCUT2D eigenvalue weighted by Crippen LogP contribution is -2.36. The quantitative estimate of drug-likeness (QED) is 0.517. The van der Waals surface area contributed by atoms with Gasteiger partial charge in [-0.3, -0.25) is 10.1 Å². The van der Waals surface area contributed by atoms with Crippen molar-refractivity contribution < 1.29 is 14.5 Å². The van der Waals surface area contributed by atoms with Gasteiger partial charge in [0, 0.05) is 18.5 Å². The number of carbonyl (C=O) groups excluding carboxylic acids is 1. The summed E-state index contributed by atoms with van der Waals surface area (Å²) in [5, 5.41) is 18.5. The Morgan fingerprint density at radius 3 is 2.38 bits per heavy atom. The molecule has 0 aromatic carbocycles. The molecule has 0 radical (unpaired) electrons. The third kappa shape index (κ3) is 4.24. The zero-order valence-electron chi connectivity index (χ0n) is 14.8. The van der Waals surface area contributed by atoms with Gasteiger partial charge in [-0.15, -0.1) is 0 Å². The van der Waals surface area contributed by atoms with Gasteiger partial charge in [-0.1, -0.05) is 46.5 Å². The molecule has 0 atom stereocenters. The summed E-state index contributed by atoms with van der Waals surface area (Å²) in [6.45, 7) is 5.49. The average Bonchev–Trinajstić information content (AvgIpc) is 2.64. The molecule has 0 unspecified atom stereocenters. The highest BCUT2D eigenvalue weighted by Gasteiger charge is 2.36. The molecule has 134 valence electrons. The minimum Gasteiger partial charge on any atom is -0.384 e. The Kier molecular flexibility index (Phi) is 5.46. The summed E-state index contributed by atoms with van der Waals surface area (Å²) in [5.41, 5.74) is -0.479. The van der Waals surface area contributed by atoms with Gasteiger partial charge in [0.1, 0.15) is 5.69 Å². The fourth-order valence-electron chi connectivity index (χ4n) is 2.99. The Bertz CT molecular complexity index is 610. The van der Waals surface area contributed by atoms with E-state index >= 15 is 0 Å². The minimum absolute atomic E-state index is 0.0642. The van der Waals surface area contributed by atoms with Crippen LogP contribution in [-0.2, 0) is 12.5 Å². The summed E-state index contributed by atoms with van der Waals surface area (Å²) in [5.74, 6) is -0.129. The molecule has 0 saturated heterocycles. The predicted molar refractivity (Wildman–Crippen MR) is 89.2 cm³/mol. The van der Waals surface area contributed by atoms with E-state index in [2.05, 4.69) is 10.4 Å². The molecule has 1 N–H and O–H groups in total. The van der Waals surface area contributed by atoms with E-state index in [1.165, 1.54) is 24.6 Å². The smallest absolute Gasteiger partial charge is 0.384 e. The SMILES string of the molecule is Cn1nc(C(C)(C)C)c([N+](=O)[O-])c1OC(=O)NC1CCCCCC1. The average molecular weight is 338 g/mol. The van der Waals surface area contributed by atoms with Crippen molar-refractivity contribution in [3.05, 3.63) is 15.8 Å². The van der Waals surface area contributed by atoms with Crippen molar-refractivity contribution >= 4 is 11.8 Å². The highest BCUT2D eigenvalue weighted by molar-refractivity contribution is 5.72. The minimum atomic E-state index is -0.659. The molecule has 1 aromatic heterocycles. The van der Waals surface area contributed by atoms with Crippen molar-refractivity contribution in [1.82, 2.24) is 15.1 Å². The Balaban J connectivity index is 2.18. The number of aryl methyl sites for hydroxylation is 1. The second-order valence-corrected chi connectivity index (χ2v) is 7.36. The molecule has 1 amide bonds. The number of rotatable bonds is 3. The van der Waals surface area contributed by atoms with Gasteiger partial charge < -0.3 is 10.1 Å². The summed E-state index contributed by atoms with van der Waals surface area (Å²) in [6, 6.07) is 0.0642. The number of carbonyl (C=O) groups is 1. The molecule has 1 heterocycles. The number of hydrogen-bond donors (Lipinski definition) is 1. The van der Waals surface area contributed by atoms with E-state index in [9.17, 15) is 14.9 Å². The van der Waals surface area contributed by atoms with Gasteiger partial charge in [-0.25, -0.2) is 9.48 Å². The maximum atomic E-state index is 12.2. The topological polar surface area (TPSA) is 99.3 Å². The van der Waals surface area contributed by atoms with E-state index in [1.807, 2.05) is 20.8 Å². The van der Waals surface area contributed by atoms with Crippen LogP contribution in [0.5, 0.6) is 5.88 Å². The van der Waals surface area contributed by atoms with Gasteiger partial charge in [0.2, 0.25) is 0 Å². The summed E-state index contributed by atoms with van der Waals surface area (Å²) >= 11 is 0. The fraction of sp³-hybridized carbons (Fsp3) is 0.750. The van der Waals surface area contributed by atoms with E-state index in [0.29, 0.717) is 5.69 Å². The molecule has 24 heavy (non-hydrogen) atoms. The van der Waals surface area contributed by atoms with E-state index in [-0.39, 0.29) is 17.6 Å². The van der Waals surface area contributed by atoms with Crippen LogP contribution in [0.3, 0.4) is 0 Å². The van der Waals surface area contributed by atoms with Crippen molar-refractivity contribution in [3.63, 3.8) is 0 Å². The monoisotopic (exact) mass is 338 g/mol. The first-order valence-corrected chi connectivity index (χ1v) is 8.40. The number of ether oxygens (including phenoxy) is 1. The van der Waals surface area contributed by atoms with Gasteiger partial charge in [0.25, 0.3) is 0 Å². The standard InChI is InChI=1S/C16H26N4O4/c1-16(2,3)13-12(20(22)23)14(19(4)18-13)24-15(21)17-11-9-7-5-6-8-10-11/h11H,5-10H2,1-4H3,(H,17,21). The van der Waals surface area contributed by atoms with Crippen LogP contribution in [0.2, 0.25) is 0 Å². The second-order valence-electron chi connectivity index (χ2n) is 7.36. The van der Waals surface area contributed by atoms with Gasteiger partial charge in [0.15, 0.2) is 0 Å². The molecule has 0 aliphatic heterocycles. The first-order chi connectivity index (χ1) is 11.2. The van der Waals surface area contributed by atoms with E-state index in [1.54, 1.807) is 0 Å². The van der Waals surface area contributed by atoms with Crippen LogP contribution >= 0.6 is 0 Å². The highest BCUT2D eigenvalue weighted by Crippen LogP contribution is 2.37. The molecule has 1 aromatic rings. The van der Waals surface area contributed by atoms with Crippen molar-refractivity contribution in [1.29, 1.82) is 0 Å². The van der Waals surface area contributed by atoms with Crippen LogP contribution in [0.4, 0.5) is 10.5 Å². The summed E-state index contributed by atoms with van der Waals surface area (Å²) in [6.07, 6.45) is 5.67. The normalized spacial score (nSPS) is 16.5. The first kappa shape index (κ1) is 18.2. The predicted octanol–water partition coefficient (Wildman–Crippen LogP) is 3.44. The van der Waals surface area contributed by atoms with Gasteiger partial charge in [-0.2, -0.15) is 5.10 Å². The molecule has 8 nitrogen and oxygen atoms in total. The number of nitrogens with one attached hydrogen (secondary N) is 1. The lowest BCUT2D eigenvalue weighted by Gasteiger charge is -2.15. The molecule has 2 rings (SSSR count). The first-order valence-electron chi connectivity index (χ1n) is 8.40. The molecule has 1 aliphatic carbocycles. The lowest BCUT2D eigenvalue weighted by atomic mass is 9.91. The lowest BCUT2D eigenvalue weighted by molar-refractivity contribution is -0.386. The van der Waals surface area contributed by atoms with E-state index < -0.39 is 16.4 Å². The molecule has 1 fully saturated rings. The molecular weight excluding hydrogens is 312 g/mol. The van der Waals surface area contributed by atoms with Gasteiger partial charge in [-0.05, 0) is 12.8 Å². The maximum Gasteiger partial charge on any atom is 0.414 e. The van der Waals surface area contributed by atoms with Crippen molar-refractivity contribution in [2.75, 3.05) is 0 Å². The molecular formula is C16H26N4O4. The van der Waals surface area contributed by atoms with Gasteiger partial charge >= 0.3 is 17.7 Å². The highest BCUT2D eigenvalue weighted by atomic mass is 16.6. The molecule has 1 aliphatic rings. The fourth-order valence-corrected chi connectivity index (χ4v) is 2.99. The van der Waals surface area contributed by atoms with E-state index in [0.717, 1.165) is 25.7 Å². The molecule has 0 bridgehead atoms. The van der Waals surface area contributed by atoms with Crippen LogP contribution in [0.1, 0.15) is 65.0 Å². The zero-order valence-corrected chi connectivity index (χ0v) is 14.8. The zero-order chi connectivity index (χ0) is 17.9. The van der Waals surface area contributed by atoms with Gasteiger partial charge in [0.05, 0.1) is 4.92 Å². The third-order valence-corrected chi connectivity index (χ3v) is 4.23.